The van der Waals surface area contributed by atoms with Gasteiger partial charge >= 0.3 is 0 Å². The van der Waals surface area contributed by atoms with Crippen molar-refractivity contribution >= 4 is 11.8 Å². The van der Waals surface area contributed by atoms with E-state index in [1.165, 1.54) is 0 Å². The van der Waals surface area contributed by atoms with Crippen molar-refractivity contribution in [2.24, 2.45) is 0 Å². The fraction of sp³-hybridized carbons (Fsp3) is 0.214. The molecule has 6 heteroatoms. The lowest BCUT2D eigenvalue weighted by Gasteiger charge is -2.07. The highest BCUT2D eigenvalue weighted by atomic mass is 32.2. The van der Waals surface area contributed by atoms with Crippen molar-refractivity contribution in [1.29, 1.82) is 0 Å². The molecule has 0 aliphatic heterocycles. The molecule has 0 unspecified atom stereocenters. The molecular weight excluding hydrogens is 290 g/mol. The molecule has 2 rings (SSSR count). The molecule has 0 spiro atoms. The van der Waals surface area contributed by atoms with E-state index < -0.39 is 28.4 Å². The zero-order chi connectivity index (χ0) is 14.9. The van der Waals surface area contributed by atoms with Gasteiger partial charge in [-0.1, -0.05) is 29.3 Å². The first-order valence-corrected chi connectivity index (χ1v) is 6.77. The summed E-state index contributed by atoms with van der Waals surface area (Å²) in [6.07, 6.45) is 0. The van der Waals surface area contributed by atoms with Crippen LogP contribution in [0.2, 0.25) is 0 Å². The van der Waals surface area contributed by atoms with Crippen molar-refractivity contribution < 1.29 is 17.6 Å². The molecule has 1 aromatic heterocycles. The maximum absolute atomic E-state index is 13.4. The zero-order valence-corrected chi connectivity index (χ0v) is 11.6. The predicted octanol–water partition coefficient (Wildman–Crippen LogP) is 4.55. The lowest BCUT2D eigenvalue weighted by molar-refractivity contribution is 0.383. The first kappa shape index (κ1) is 14.8. The molecule has 0 saturated heterocycles. The SMILES string of the molecule is Cc1cc(C)cc(CSc2c(F)c(F)nc(F)c2F)c1. The van der Waals surface area contributed by atoms with Crippen LogP contribution in [0.5, 0.6) is 0 Å². The zero-order valence-electron chi connectivity index (χ0n) is 10.8. The molecule has 0 aliphatic carbocycles. The van der Waals surface area contributed by atoms with E-state index in [2.05, 4.69) is 4.98 Å². The molecule has 2 aromatic rings. The molecule has 0 fully saturated rings. The monoisotopic (exact) mass is 301 g/mol. The number of thioether (sulfide) groups is 1. The fourth-order valence-electron chi connectivity index (χ4n) is 1.90. The van der Waals surface area contributed by atoms with E-state index in [0.29, 0.717) is 11.8 Å². The number of halogens is 4. The maximum Gasteiger partial charge on any atom is 0.252 e. The van der Waals surface area contributed by atoms with E-state index in [9.17, 15) is 17.6 Å². The minimum absolute atomic E-state index is 0.208. The Morgan fingerprint density at radius 2 is 1.40 bits per heavy atom. The normalized spacial score (nSPS) is 10.9. The highest BCUT2D eigenvalue weighted by molar-refractivity contribution is 7.98. The molecule has 0 atom stereocenters. The largest absolute Gasteiger partial charge is 0.252 e. The van der Waals surface area contributed by atoms with Gasteiger partial charge in [0.2, 0.25) is 0 Å². The molecule has 0 saturated carbocycles. The van der Waals surface area contributed by atoms with Crippen LogP contribution in [0.1, 0.15) is 16.7 Å². The Hall–Kier alpha value is -1.56. The van der Waals surface area contributed by atoms with Gasteiger partial charge in [-0.25, -0.2) is 8.78 Å². The summed E-state index contributed by atoms with van der Waals surface area (Å²) in [5, 5.41) is 0. The third-order valence-electron chi connectivity index (χ3n) is 2.62. The van der Waals surface area contributed by atoms with Crippen LogP contribution in [0.25, 0.3) is 0 Å². The number of benzene rings is 1. The number of hydrogen-bond donors (Lipinski definition) is 0. The molecule has 0 N–H and O–H groups in total. The van der Waals surface area contributed by atoms with Crippen LogP contribution >= 0.6 is 11.8 Å². The second-order valence-electron chi connectivity index (χ2n) is 4.44. The van der Waals surface area contributed by atoms with E-state index in [4.69, 9.17) is 0 Å². The van der Waals surface area contributed by atoms with Crippen molar-refractivity contribution in [3.8, 4) is 0 Å². The summed E-state index contributed by atoms with van der Waals surface area (Å²) in [6, 6.07) is 5.66. The van der Waals surface area contributed by atoms with Gasteiger partial charge in [-0.3, -0.25) is 0 Å². The number of nitrogens with zero attached hydrogens (tertiary/aromatic N) is 1. The van der Waals surface area contributed by atoms with Crippen LogP contribution < -0.4 is 0 Å². The Balaban J connectivity index is 2.27. The van der Waals surface area contributed by atoms with Gasteiger partial charge in [-0.15, -0.1) is 11.8 Å². The van der Waals surface area contributed by atoms with E-state index >= 15 is 0 Å². The van der Waals surface area contributed by atoms with Gasteiger partial charge in [-0.2, -0.15) is 13.8 Å². The number of aromatic nitrogens is 1. The van der Waals surface area contributed by atoms with Crippen LogP contribution in [0, 0.1) is 37.4 Å². The van der Waals surface area contributed by atoms with Crippen molar-refractivity contribution in [1.82, 2.24) is 4.98 Å². The number of hydrogen-bond acceptors (Lipinski definition) is 2. The molecule has 1 heterocycles. The van der Waals surface area contributed by atoms with Gasteiger partial charge < -0.3 is 0 Å². The molecule has 0 aliphatic rings. The average molecular weight is 301 g/mol. The Bertz CT molecular complexity index is 612. The number of rotatable bonds is 3. The van der Waals surface area contributed by atoms with Gasteiger partial charge in [0.15, 0.2) is 11.6 Å². The minimum atomic E-state index is -1.63. The number of pyridine rings is 1. The van der Waals surface area contributed by atoms with E-state index in [-0.39, 0.29) is 5.75 Å². The molecule has 1 aromatic carbocycles. The Labute approximate surface area is 118 Å². The van der Waals surface area contributed by atoms with Crippen molar-refractivity contribution in [3.05, 3.63) is 58.4 Å². The summed E-state index contributed by atoms with van der Waals surface area (Å²) in [4.78, 5) is 1.83. The van der Waals surface area contributed by atoms with Gasteiger partial charge in [0.1, 0.15) is 0 Å². The van der Waals surface area contributed by atoms with Crippen LogP contribution in [0.4, 0.5) is 17.6 Å². The molecule has 1 nitrogen and oxygen atoms in total. The van der Waals surface area contributed by atoms with Gasteiger partial charge in [0.25, 0.3) is 11.9 Å². The van der Waals surface area contributed by atoms with Crippen molar-refractivity contribution in [2.45, 2.75) is 24.5 Å². The third kappa shape index (κ3) is 3.12. The first-order chi connectivity index (χ1) is 9.38. The van der Waals surface area contributed by atoms with Gasteiger partial charge in [0.05, 0.1) is 4.90 Å². The maximum atomic E-state index is 13.4. The molecule has 0 amide bonds. The Kier molecular flexibility index (Phi) is 4.32. The van der Waals surface area contributed by atoms with Gasteiger partial charge in [0, 0.05) is 5.75 Å². The second-order valence-corrected chi connectivity index (χ2v) is 5.42. The second kappa shape index (κ2) is 5.83. The predicted molar refractivity (Wildman–Crippen MR) is 69.5 cm³/mol. The highest BCUT2D eigenvalue weighted by Crippen LogP contribution is 2.30. The first-order valence-electron chi connectivity index (χ1n) is 5.78. The minimum Gasteiger partial charge on any atom is -0.201 e. The summed E-state index contributed by atoms with van der Waals surface area (Å²) < 4.78 is 52.8. The average Bonchev–Trinajstić information content (AvgIpc) is 2.35. The topological polar surface area (TPSA) is 12.9 Å². The summed E-state index contributed by atoms with van der Waals surface area (Å²) in [7, 11) is 0. The standard InChI is InChI=1S/C14H11F4NS/c1-7-3-8(2)5-9(4-7)6-20-12-10(15)13(17)19-14(18)11(12)16/h3-5H,6H2,1-2H3. The molecular formula is C14H11F4NS. The summed E-state index contributed by atoms with van der Waals surface area (Å²) in [5.41, 5.74) is 2.84. The Morgan fingerprint density at radius 1 is 0.900 bits per heavy atom. The van der Waals surface area contributed by atoms with E-state index in [1.54, 1.807) is 0 Å². The van der Waals surface area contributed by atoms with E-state index in [1.807, 2.05) is 32.0 Å². The molecule has 20 heavy (non-hydrogen) atoms. The molecule has 0 radical (unpaired) electrons. The van der Waals surface area contributed by atoms with Crippen LogP contribution in [0.15, 0.2) is 23.1 Å². The lowest BCUT2D eigenvalue weighted by Crippen LogP contribution is -2.02. The lowest BCUT2D eigenvalue weighted by atomic mass is 10.1. The highest BCUT2D eigenvalue weighted by Gasteiger charge is 2.21. The van der Waals surface area contributed by atoms with Crippen LogP contribution in [-0.4, -0.2) is 4.98 Å². The summed E-state index contributed by atoms with van der Waals surface area (Å²) in [5.74, 6) is -5.98. The van der Waals surface area contributed by atoms with Crippen LogP contribution in [0.3, 0.4) is 0 Å². The number of aryl methyl sites for hydroxylation is 2. The van der Waals surface area contributed by atoms with Crippen molar-refractivity contribution in [2.75, 3.05) is 0 Å². The van der Waals surface area contributed by atoms with Crippen molar-refractivity contribution in [3.63, 3.8) is 0 Å². The molecule has 106 valence electrons. The Morgan fingerprint density at radius 3 is 1.90 bits per heavy atom. The fourth-order valence-corrected chi connectivity index (χ4v) is 2.80. The molecule has 0 bridgehead atoms. The quantitative estimate of drug-likeness (QED) is 0.469. The summed E-state index contributed by atoms with van der Waals surface area (Å²) in [6.45, 7) is 3.79. The third-order valence-corrected chi connectivity index (χ3v) is 3.75. The smallest absolute Gasteiger partial charge is 0.201 e. The summed E-state index contributed by atoms with van der Waals surface area (Å²) >= 11 is 0.702. The van der Waals surface area contributed by atoms with E-state index in [0.717, 1.165) is 16.7 Å². The van der Waals surface area contributed by atoms with Gasteiger partial charge in [-0.05, 0) is 19.4 Å². The van der Waals surface area contributed by atoms with Crippen LogP contribution in [-0.2, 0) is 5.75 Å².